The highest BCUT2D eigenvalue weighted by atomic mass is 35.5. The van der Waals surface area contributed by atoms with Gasteiger partial charge in [-0.15, -0.1) is 0 Å². The third-order valence-electron chi connectivity index (χ3n) is 3.05. The quantitative estimate of drug-likeness (QED) is 0.800. The number of halogens is 1. The van der Waals surface area contributed by atoms with Gasteiger partial charge in [0.1, 0.15) is 6.61 Å². The molecule has 0 aliphatic rings. The minimum Gasteiger partial charge on any atom is -0.377 e. The van der Waals surface area contributed by atoms with Crippen molar-refractivity contribution >= 4 is 22.5 Å². The number of fused-ring (bicyclic) bond motifs is 1. The Morgan fingerprint density at radius 3 is 3.00 bits per heavy atom. The second-order valence-corrected chi connectivity index (χ2v) is 4.77. The molecule has 98 valence electrons. The van der Waals surface area contributed by atoms with Gasteiger partial charge in [-0.1, -0.05) is 11.6 Å². The van der Waals surface area contributed by atoms with Crippen molar-refractivity contribution in [3.8, 4) is 11.5 Å². The Labute approximate surface area is 115 Å². The maximum Gasteiger partial charge on any atom is 0.197 e. The number of nitrogens with zero attached hydrogens (tertiary/aromatic N) is 3. The molecule has 0 fully saturated rings. The van der Waals surface area contributed by atoms with Crippen LogP contribution in [0.4, 0.5) is 0 Å². The van der Waals surface area contributed by atoms with Crippen LogP contribution in [0.3, 0.4) is 0 Å². The zero-order valence-corrected chi connectivity index (χ0v) is 11.4. The monoisotopic (exact) mass is 276 g/mol. The maximum atomic E-state index is 6.01. The van der Waals surface area contributed by atoms with Gasteiger partial charge in [-0.05, 0) is 24.3 Å². The van der Waals surface area contributed by atoms with Gasteiger partial charge in [0.2, 0.25) is 0 Å². The van der Waals surface area contributed by atoms with Crippen LogP contribution >= 0.6 is 11.6 Å². The Hall–Kier alpha value is -1.85. The first-order valence-electron chi connectivity index (χ1n) is 5.84. The number of aromatic nitrogens is 4. The molecule has 0 atom stereocenters. The molecule has 19 heavy (non-hydrogen) atoms. The highest BCUT2D eigenvalue weighted by Crippen LogP contribution is 2.27. The number of hydrogen-bond donors (Lipinski definition) is 1. The van der Waals surface area contributed by atoms with Crippen LogP contribution in [0, 0.1) is 0 Å². The van der Waals surface area contributed by atoms with E-state index in [-0.39, 0.29) is 0 Å². The van der Waals surface area contributed by atoms with Gasteiger partial charge in [-0.3, -0.25) is 5.10 Å². The Kier molecular flexibility index (Phi) is 3.00. The van der Waals surface area contributed by atoms with Crippen molar-refractivity contribution in [2.75, 3.05) is 7.11 Å². The zero-order chi connectivity index (χ0) is 13.4. The third kappa shape index (κ3) is 2.11. The number of H-pyrrole nitrogens is 1. The summed E-state index contributed by atoms with van der Waals surface area (Å²) in [6, 6.07) is 7.83. The van der Waals surface area contributed by atoms with Gasteiger partial charge in [-0.2, -0.15) is 5.10 Å². The Morgan fingerprint density at radius 2 is 2.21 bits per heavy atom. The fraction of sp³-hybridized carbons (Fsp3) is 0.231. The van der Waals surface area contributed by atoms with E-state index in [1.807, 2.05) is 35.9 Å². The molecule has 0 aliphatic carbocycles. The Bertz CT molecular complexity index is 731. The van der Waals surface area contributed by atoms with E-state index in [4.69, 9.17) is 16.3 Å². The Balaban J connectivity index is 2.10. The molecule has 0 aliphatic heterocycles. The van der Waals surface area contributed by atoms with Crippen molar-refractivity contribution in [3.63, 3.8) is 0 Å². The molecule has 0 saturated heterocycles. The lowest BCUT2D eigenvalue weighted by molar-refractivity contribution is 0.178. The number of methoxy groups -OCH3 is 1. The SMILES string of the molecule is COCc1nc(-c2cc3cc(Cl)ccc3n2C)n[nH]1. The molecule has 1 N–H and O–H groups in total. The fourth-order valence-electron chi connectivity index (χ4n) is 2.15. The number of hydrogen-bond acceptors (Lipinski definition) is 3. The van der Waals surface area contributed by atoms with Gasteiger partial charge < -0.3 is 9.30 Å². The molecule has 0 unspecified atom stereocenters. The zero-order valence-electron chi connectivity index (χ0n) is 10.6. The summed E-state index contributed by atoms with van der Waals surface area (Å²) in [6.45, 7) is 0.419. The Morgan fingerprint density at radius 1 is 1.37 bits per heavy atom. The van der Waals surface area contributed by atoms with E-state index in [1.165, 1.54) is 0 Å². The summed E-state index contributed by atoms with van der Waals surface area (Å²) < 4.78 is 7.07. The highest BCUT2D eigenvalue weighted by Gasteiger charge is 2.12. The summed E-state index contributed by atoms with van der Waals surface area (Å²) >= 11 is 6.01. The molecule has 3 aromatic rings. The molecule has 6 heteroatoms. The first-order chi connectivity index (χ1) is 9.19. The normalized spacial score (nSPS) is 11.3. The summed E-state index contributed by atoms with van der Waals surface area (Å²) in [7, 11) is 3.61. The lowest BCUT2D eigenvalue weighted by atomic mass is 10.2. The van der Waals surface area contributed by atoms with Crippen LogP contribution in [0.2, 0.25) is 5.02 Å². The number of aromatic amines is 1. The van der Waals surface area contributed by atoms with Crippen molar-refractivity contribution in [2.45, 2.75) is 6.61 Å². The van der Waals surface area contributed by atoms with Crippen LogP contribution in [-0.2, 0) is 18.4 Å². The van der Waals surface area contributed by atoms with Gasteiger partial charge in [0.05, 0.1) is 5.69 Å². The largest absolute Gasteiger partial charge is 0.377 e. The molecular weight excluding hydrogens is 264 g/mol. The summed E-state index contributed by atoms with van der Waals surface area (Å²) in [5, 5.41) is 8.87. The molecule has 0 amide bonds. The second kappa shape index (κ2) is 4.68. The van der Waals surface area contributed by atoms with Gasteiger partial charge in [-0.25, -0.2) is 4.98 Å². The number of rotatable bonds is 3. The molecule has 0 bridgehead atoms. The number of aryl methyl sites for hydroxylation is 1. The number of nitrogens with one attached hydrogen (secondary N) is 1. The van der Waals surface area contributed by atoms with Crippen LogP contribution in [0.5, 0.6) is 0 Å². The maximum absolute atomic E-state index is 6.01. The van der Waals surface area contributed by atoms with E-state index in [0.29, 0.717) is 18.3 Å². The molecular formula is C13H13ClN4O. The predicted molar refractivity (Wildman–Crippen MR) is 74.0 cm³/mol. The highest BCUT2D eigenvalue weighted by molar-refractivity contribution is 6.31. The van der Waals surface area contributed by atoms with E-state index in [1.54, 1.807) is 7.11 Å². The molecule has 0 spiro atoms. The van der Waals surface area contributed by atoms with Crippen LogP contribution in [-0.4, -0.2) is 26.9 Å². The second-order valence-electron chi connectivity index (χ2n) is 4.33. The van der Waals surface area contributed by atoms with Gasteiger partial charge >= 0.3 is 0 Å². The lowest BCUT2D eigenvalue weighted by Crippen LogP contribution is -1.93. The van der Waals surface area contributed by atoms with E-state index < -0.39 is 0 Å². The summed E-state index contributed by atoms with van der Waals surface area (Å²) in [5.74, 6) is 1.36. The van der Waals surface area contributed by atoms with Crippen molar-refractivity contribution in [2.24, 2.45) is 7.05 Å². The van der Waals surface area contributed by atoms with E-state index in [2.05, 4.69) is 15.2 Å². The predicted octanol–water partition coefficient (Wildman–Crippen LogP) is 2.76. The van der Waals surface area contributed by atoms with Crippen molar-refractivity contribution < 1.29 is 4.74 Å². The van der Waals surface area contributed by atoms with Crippen molar-refractivity contribution in [1.29, 1.82) is 0 Å². The smallest absolute Gasteiger partial charge is 0.197 e. The fourth-order valence-corrected chi connectivity index (χ4v) is 2.33. The van der Waals surface area contributed by atoms with E-state index in [9.17, 15) is 0 Å². The molecule has 0 radical (unpaired) electrons. The van der Waals surface area contributed by atoms with Crippen LogP contribution < -0.4 is 0 Å². The molecule has 3 rings (SSSR count). The molecule has 2 aromatic heterocycles. The molecule has 5 nitrogen and oxygen atoms in total. The van der Waals surface area contributed by atoms with Crippen molar-refractivity contribution in [3.05, 3.63) is 35.1 Å². The van der Waals surface area contributed by atoms with Crippen LogP contribution in [0.25, 0.3) is 22.4 Å². The van der Waals surface area contributed by atoms with Crippen molar-refractivity contribution in [1.82, 2.24) is 19.7 Å². The number of ether oxygens (including phenoxy) is 1. The number of benzene rings is 1. The van der Waals surface area contributed by atoms with Crippen LogP contribution in [0.15, 0.2) is 24.3 Å². The summed E-state index contributed by atoms with van der Waals surface area (Å²) in [6.07, 6.45) is 0. The average Bonchev–Trinajstić information content (AvgIpc) is 2.95. The minimum atomic E-state index is 0.419. The molecule has 0 saturated carbocycles. The van der Waals surface area contributed by atoms with Gasteiger partial charge in [0.25, 0.3) is 0 Å². The minimum absolute atomic E-state index is 0.419. The standard InChI is InChI=1S/C13H13ClN4O/c1-18-10-4-3-9(14)5-8(10)6-11(18)13-15-12(7-19-2)16-17-13/h3-6H,7H2,1-2H3,(H,15,16,17). The summed E-state index contributed by atoms with van der Waals surface area (Å²) in [4.78, 5) is 4.40. The van der Waals surface area contributed by atoms with E-state index >= 15 is 0 Å². The third-order valence-corrected chi connectivity index (χ3v) is 3.28. The first kappa shape index (κ1) is 12.2. The summed E-state index contributed by atoms with van der Waals surface area (Å²) in [5.41, 5.74) is 2.04. The van der Waals surface area contributed by atoms with Gasteiger partial charge in [0.15, 0.2) is 11.6 Å². The van der Waals surface area contributed by atoms with E-state index in [0.717, 1.165) is 21.6 Å². The topological polar surface area (TPSA) is 55.7 Å². The van der Waals surface area contributed by atoms with Gasteiger partial charge in [0, 0.05) is 30.1 Å². The lowest BCUT2D eigenvalue weighted by Gasteiger charge is -1.99. The van der Waals surface area contributed by atoms with Crippen LogP contribution in [0.1, 0.15) is 5.82 Å². The molecule has 2 heterocycles. The first-order valence-corrected chi connectivity index (χ1v) is 6.22. The average molecular weight is 277 g/mol. The molecule has 1 aromatic carbocycles.